The average molecular weight is 201 g/mol. The standard InChI is InChI=1S/C13H15NO/c1-14-10-6-3-2-5-9(10)13-11(14)7-4-8-12(13)15/h2-3,5-6,12,15H,4,7-8H2,1H3. The number of aryl methyl sites for hydroxylation is 1. The maximum Gasteiger partial charge on any atom is 0.0813 e. The van der Waals surface area contributed by atoms with Gasteiger partial charge in [0.25, 0.3) is 0 Å². The van der Waals surface area contributed by atoms with Crippen molar-refractivity contribution >= 4 is 10.9 Å². The van der Waals surface area contributed by atoms with Crippen molar-refractivity contribution in [3.63, 3.8) is 0 Å². The third-order valence-electron chi connectivity index (χ3n) is 3.50. The van der Waals surface area contributed by atoms with E-state index in [4.69, 9.17) is 0 Å². The van der Waals surface area contributed by atoms with Crippen LogP contribution in [0.5, 0.6) is 0 Å². The molecular weight excluding hydrogens is 186 g/mol. The molecule has 15 heavy (non-hydrogen) atoms. The number of para-hydroxylation sites is 1. The molecule has 2 heteroatoms. The summed E-state index contributed by atoms with van der Waals surface area (Å²) < 4.78 is 2.23. The normalized spacial score (nSPS) is 20.5. The van der Waals surface area contributed by atoms with E-state index < -0.39 is 0 Å². The molecular formula is C13H15NO. The molecule has 1 aliphatic rings. The van der Waals surface area contributed by atoms with Crippen molar-refractivity contribution in [1.29, 1.82) is 0 Å². The van der Waals surface area contributed by atoms with Crippen LogP contribution in [0.15, 0.2) is 24.3 Å². The van der Waals surface area contributed by atoms with E-state index in [2.05, 4.69) is 29.8 Å². The van der Waals surface area contributed by atoms with E-state index in [0.717, 1.165) is 19.3 Å². The molecule has 1 aliphatic carbocycles. The predicted octanol–water partition coefficient (Wildman–Crippen LogP) is 2.55. The molecule has 1 aromatic heterocycles. The zero-order valence-corrected chi connectivity index (χ0v) is 8.90. The Bertz CT molecular complexity index is 512. The number of hydrogen-bond donors (Lipinski definition) is 1. The number of aromatic nitrogens is 1. The molecule has 2 aromatic rings. The van der Waals surface area contributed by atoms with Crippen LogP contribution >= 0.6 is 0 Å². The molecule has 1 N–H and O–H groups in total. The van der Waals surface area contributed by atoms with Gasteiger partial charge in [0, 0.05) is 29.2 Å². The number of aliphatic hydroxyl groups is 1. The Morgan fingerprint density at radius 3 is 3.00 bits per heavy atom. The molecule has 0 spiro atoms. The molecule has 0 aliphatic heterocycles. The Hall–Kier alpha value is -1.28. The van der Waals surface area contributed by atoms with Gasteiger partial charge in [-0.3, -0.25) is 0 Å². The van der Waals surface area contributed by atoms with Gasteiger partial charge in [0.1, 0.15) is 0 Å². The first-order valence-corrected chi connectivity index (χ1v) is 5.53. The van der Waals surface area contributed by atoms with Gasteiger partial charge in [-0.2, -0.15) is 0 Å². The van der Waals surface area contributed by atoms with Gasteiger partial charge in [-0.25, -0.2) is 0 Å². The zero-order chi connectivity index (χ0) is 10.4. The summed E-state index contributed by atoms with van der Waals surface area (Å²) in [6, 6.07) is 8.34. The maximum atomic E-state index is 10.1. The number of nitrogens with zero attached hydrogens (tertiary/aromatic N) is 1. The SMILES string of the molecule is Cn1c2c(c3ccccc31)C(O)CCC2. The molecule has 0 saturated carbocycles. The van der Waals surface area contributed by atoms with E-state index in [1.807, 2.05) is 6.07 Å². The van der Waals surface area contributed by atoms with Crippen LogP contribution in [-0.2, 0) is 13.5 Å². The molecule has 2 nitrogen and oxygen atoms in total. The molecule has 1 aromatic carbocycles. The number of benzene rings is 1. The fraction of sp³-hybridized carbons (Fsp3) is 0.385. The van der Waals surface area contributed by atoms with Crippen molar-refractivity contribution in [1.82, 2.24) is 4.57 Å². The van der Waals surface area contributed by atoms with Gasteiger partial charge in [-0.05, 0) is 25.3 Å². The second kappa shape index (κ2) is 3.11. The number of fused-ring (bicyclic) bond motifs is 3. The van der Waals surface area contributed by atoms with Crippen LogP contribution < -0.4 is 0 Å². The average Bonchev–Trinajstić information content (AvgIpc) is 2.55. The van der Waals surface area contributed by atoms with Crippen LogP contribution in [0.2, 0.25) is 0 Å². The fourth-order valence-electron chi connectivity index (χ4n) is 2.76. The summed E-state index contributed by atoms with van der Waals surface area (Å²) in [5.74, 6) is 0. The van der Waals surface area contributed by atoms with Crippen molar-refractivity contribution in [2.24, 2.45) is 7.05 Å². The van der Waals surface area contributed by atoms with Gasteiger partial charge in [-0.1, -0.05) is 18.2 Å². The van der Waals surface area contributed by atoms with Crippen LogP contribution in [-0.4, -0.2) is 9.67 Å². The Balaban J connectivity index is 2.41. The van der Waals surface area contributed by atoms with Gasteiger partial charge in [0.15, 0.2) is 0 Å². The first kappa shape index (κ1) is 8.98. The molecule has 0 amide bonds. The molecule has 3 rings (SSSR count). The van der Waals surface area contributed by atoms with Gasteiger partial charge >= 0.3 is 0 Å². The van der Waals surface area contributed by atoms with Gasteiger partial charge < -0.3 is 9.67 Å². The molecule has 1 atom stereocenters. The third kappa shape index (κ3) is 1.15. The Labute approximate surface area is 89.1 Å². The van der Waals surface area contributed by atoms with E-state index in [1.54, 1.807) is 0 Å². The largest absolute Gasteiger partial charge is 0.388 e. The Morgan fingerprint density at radius 1 is 1.33 bits per heavy atom. The summed E-state index contributed by atoms with van der Waals surface area (Å²) in [6.07, 6.45) is 2.83. The van der Waals surface area contributed by atoms with Crippen LogP contribution in [0.1, 0.15) is 30.2 Å². The van der Waals surface area contributed by atoms with Crippen LogP contribution in [0.25, 0.3) is 10.9 Å². The van der Waals surface area contributed by atoms with Gasteiger partial charge in [0.2, 0.25) is 0 Å². The highest BCUT2D eigenvalue weighted by Gasteiger charge is 2.24. The Kier molecular flexibility index (Phi) is 1.86. The fourth-order valence-corrected chi connectivity index (χ4v) is 2.76. The Morgan fingerprint density at radius 2 is 2.13 bits per heavy atom. The summed E-state index contributed by atoms with van der Waals surface area (Å²) in [4.78, 5) is 0. The lowest BCUT2D eigenvalue weighted by Gasteiger charge is -2.19. The van der Waals surface area contributed by atoms with Crippen molar-refractivity contribution in [3.8, 4) is 0 Å². The quantitative estimate of drug-likeness (QED) is 0.696. The van der Waals surface area contributed by atoms with E-state index in [9.17, 15) is 5.11 Å². The van der Waals surface area contributed by atoms with Crippen molar-refractivity contribution in [2.45, 2.75) is 25.4 Å². The molecule has 1 unspecified atom stereocenters. The minimum atomic E-state index is -0.264. The van der Waals surface area contributed by atoms with E-state index in [-0.39, 0.29) is 6.10 Å². The smallest absolute Gasteiger partial charge is 0.0813 e. The van der Waals surface area contributed by atoms with Crippen molar-refractivity contribution in [3.05, 3.63) is 35.5 Å². The lowest BCUT2D eigenvalue weighted by atomic mass is 9.93. The summed E-state index contributed by atoms with van der Waals surface area (Å²) in [5, 5.41) is 11.3. The second-order valence-corrected chi connectivity index (χ2v) is 4.34. The maximum absolute atomic E-state index is 10.1. The molecule has 0 saturated heterocycles. The summed E-state index contributed by atoms with van der Waals surface area (Å²) in [5.41, 5.74) is 3.72. The molecule has 78 valence electrons. The molecule has 0 bridgehead atoms. The van der Waals surface area contributed by atoms with E-state index in [1.165, 1.54) is 22.2 Å². The molecule has 0 fully saturated rings. The van der Waals surface area contributed by atoms with Gasteiger partial charge in [-0.15, -0.1) is 0 Å². The van der Waals surface area contributed by atoms with Crippen molar-refractivity contribution in [2.75, 3.05) is 0 Å². The van der Waals surface area contributed by atoms with E-state index in [0.29, 0.717) is 0 Å². The predicted molar refractivity (Wildman–Crippen MR) is 60.8 cm³/mol. The summed E-state index contributed by atoms with van der Waals surface area (Å²) in [6.45, 7) is 0. The number of aliphatic hydroxyl groups excluding tert-OH is 1. The highest BCUT2D eigenvalue weighted by molar-refractivity contribution is 5.86. The molecule has 1 heterocycles. The highest BCUT2D eigenvalue weighted by Crippen LogP contribution is 2.36. The second-order valence-electron chi connectivity index (χ2n) is 4.34. The van der Waals surface area contributed by atoms with Crippen LogP contribution in [0.4, 0.5) is 0 Å². The number of hydrogen-bond acceptors (Lipinski definition) is 1. The monoisotopic (exact) mass is 201 g/mol. The van der Waals surface area contributed by atoms with Crippen LogP contribution in [0.3, 0.4) is 0 Å². The minimum Gasteiger partial charge on any atom is -0.388 e. The third-order valence-corrected chi connectivity index (χ3v) is 3.50. The van der Waals surface area contributed by atoms with E-state index >= 15 is 0 Å². The molecule has 0 radical (unpaired) electrons. The van der Waals surface area contributed by atoms with Crippen LogP contribution in [0, 0.1) is 0 Å². The zero-order valence-electron chi connectivity index (χ0n) is 8.90. The lowest BCUT2D eigenvalue weighted by Crippen LogP contribution is -2.10. The van der Waals surface area contributed by atoms with Crippen molar-refractivity contribution < 1.29 is 5.11 Å². The highest BCUT2D eigenvalue weighted by atomic mass is 16.3. The lowest BCUT2D eigenvalue weighted by molar-refractivity contribution is 0.157. The minimum absolute atomic E-state index is 0.264. The summed E-state index contributed by atoms with van der Waals surface area (Å²) >= 11 is 0. The first-order valence-electron chi connectivity index (χ1n) is 5.53. The number of rotatable bonds is 0. The topological polar surface area (TPSA) is 25.2 Å². The first-order chi connectivity index (χ1) is 7.29. The van der Waals surface area contributed by atoms with Gasteiger partial charge in [0.05, 0.1) is 6.10 Å². The summed E-state index contributed by atoms with van der Waals surface area (Å²) in [7, 11) is 2.10.